The van der Waals surface area contributed by atoms with Gasteiger partial charge in [0.15, 0.2) is 0 Å². The Bertz CT molecular complexity index is 1690. The van der Waals surface area contributed by atoms with E-state index in [4.69, 9.17) is 0 Å². The fourth-order valence-electron chi connectivity index (χ4n) is 4.75. The molecule has 5 nitrogen and oxygen atoms in total. The van der Waals surface area contributed by atoms with E-state index in [9.17, 15) is 9.59 Å². The molecule has 1 unspecified atom stereocenters. The van der Waals surface area contributed by atoms with E-state index in [0.29, 0.717) is 4.91 Å². The third-order valence-corrected chi connectivity index (χ3v) is 9.17. The molecule has 188 valence electrons. The highest BCUT2D eigenvalue weighted by atomic mass is 79.9. The number of carbonyl (C=O) groups is 2. The smallest absolute Gasteiger partial charge is 0.280 e. The first kappa shape index (κ1) is 25.0. The summed E-state index contributed by atoms with van der Waals surface area (Å²) in [6.07, 6.45) is 1.86. The lowest BCUT2D eigenvalue weighted by atomic mass is 10.2. The van der Waals surface area contributed by atoms with Gasteiger partial charge >= 0.3 is 0 Å². The quantitative estimate of drug-likeness (QED) is 0.200. The van der Waals surface area contributed by atoms with E-state index >= 15 is 0 Å². The van der Waals surface area contributed by atoms with Gasteiger partial charge in [0.25, 0.3) is 11.8 Å². The van der Waals surface area contributed by atoms with Gasteiger partial charge in [-0.3, -0.25) is 15.0 Å². The molecule has 0 aliphatic carbocycles. The molecule has 1 N–H and O–H groups in total. The minimum atomic E-state index is -0.422. The topological polar surface area (TPSA) is 54.3 Å². The second-order valence-electron chi connectivity index (χ2n) is 8.85. The summed E-state index contributed by atoms with van der Waals surface area (Å²) < 4.78 is 3.76. The normalized spacial score (nSPS) is 16.6. The van der Waals surface area contributed by atoms with E-state index in [1.807, 2.05) is 95.6 Å². The predicted octanol–water partition coefficient (Wildman–Crippen LogP) is 7.67. The van der Waals surface area contributed by atoms with Crippen LogP contribution in [0.2, 0.25) is 0 Å². The molecule has 1 aromatic heterocycles. The first-order valence-corrected chi connectivity index (χ1v) is 14.4. The fourth-order valence-corrected chi connectivity index (χ4v) is 7.03. The molecule has 1 atom stereocenters. The Morgan fingerprint density at radius 1 is 0.816 bits per heavy atom. The fraction of sp³-hybridized carbons (Fsp3) is 0.0667. The summed E-state index contributed by atoms with van der Waals surface area (Å²) in [4.78, 5) is 27.7. The maximum absolute atomic E-state index is 13.7. The second kappa shape index (κ2) is 10.4. The number of hydrazine groups is 1. The van der Waals surface area contributed by atoms with Gasteiger partial charge in [-0.05, 0) is 35.9 Å². The Balaban J connectivity index is 1.35. The van der Waals surface area contributed by atoms with E-state index < -0.39 is 5.37 Å². The highest BCUT2D eigenvalue weighted by Crippen LogP contribution is 2.47. The third-order valence-electron chi connectivity index (χ3n) is 6.49. The van der Waals surface area contributed by atoms with Crippen LogP contribution in [0, 0.1) is 0 Å². The second-order valence-corrected chi connectivity index (χ2v) is 11.7. The molecule has 8 heteroatoms. The van der Waals surface area contributed by atoms with Crippen molar-refractivity contribution in [2.24, 2.45) is 0 Å². The molecule has 0 saturated carbocycles. The average Bonchev–Trinajstić information content (AvgIpc) is 3.40. The van der Waals surface area contributed by atoms with Crippen LogP contribution in [0.1, 0.15) is 16.5 Å². The van der Waals surface area contributed by atoms with E-state index in [1.54, 1.807) is 0 Å². The van der Waals surface area contributed by atoms with Crippen molar-refractivity contribution in [3.05, 3.63) is 122 Å². The number of fused-ring (bicyclic) bond motifs is 3. The minimum Gasteiger partial charge on any atom is -0.331 e. The van der Waals surface area contributed by atoms with E-state index in [2.05, 4.69) is 49.4 Å². The molecule has 38 heavy (non-hydrogen) atoms. The van der Waals surface area contributed by atoms with E-state index in [-0.39, 0.29) is 18.4 Å². The van der Waals surface area contributed by atoms with Gasteiger partial charge in [-0.25, -0.2) is 5.01 Å². The van der Waals surface area contributed by atoms with Crippen LogP contribution in [-0.4, -0.2) is 21.4 Å². The van der Waals surface area contributed by atoms with Crippen LogP contribution in [0.3, 0.4) is 0 Å². The number of nitrogens with zero attached hydrogens (tertiary/aromatic N) is 2. The Labute approximate surface area is 240 Å². The number of thioether (sulfide) groups is 1. The lowest BCUT2D eigenvalue weighted by Crippen LogP contribution is -2.45. The number of halogens is 2. The van der Waals surface area contributed by atoms with Gasteiger partial charge < -0.3 is 4.57 Å². The number of hydrogen-bond acceptors (Lipinski definition) is 3. The molecule has 2 heterocycles. The van der Waals surface area contributed by atoms with Crippen LogP contribution in [0.25, 0.3) is 27.9 Å². The SMILES string of the molecule is O=C(Cn1c2ccccc2c2ccccc21)NN1C(=O)/C(=C/c2ccccc2Br)SC1c1ccccc1Br. The van der Waals surface area contributed by atoms with Gasteiger partial charge in [-0.15, -0.1) is 0 Å². The standard InChI is InChI=1S/C30H21Br2N3O2S/c31-23-13-5-1-9-19(23)17-27-29(37)35(30(38-27)22-12-2-6-14-24(22)32)33-28(36)18-34-25-15-7-3-10-20(25)21-11-4-8-16-26(21)34/h1-17,30H,18H2,(H,33,36)/b27-17-. The first-order chi connectivity index (χ1) is 18.5. The number of amides is 2. The van der Waals surface area contributed by atoms with Crippen molar-refractivity contribution >= 4 is 83.3 Å². The van der Waals surface area contributed by atoms with Gasteiger partial charge in [0.2, 0.25) is 0 Å². The summed E-state index contributed by atoms with van der Waals surface area (Å²) in [6, 6.07) is 31.6. The van der Waals surface area contributed by atoms with Crippen LogP contribution >= 0.6 is 43.6 Å². The van der Waals surface area contributed by atoms with Crippen molar-refractivity contribution in [2.75, 3.05) is 0 Å². The predicted molar refractivity (Wildman–Crippen MR) is 161 cm³/mol. The highest BCUT2D eigenvalue weighted by molar-refractivity contribution is 9.10. The zero-order valence-electron chi connectivity index (χ0n) is 20.0. The number of carbonyl (C=O) groups excluding carboxylic acids is 2. The lowest BCUT2D eigenvalue weighted by molar-refractivity contribution is -0.138. The van der Waals surface area contributed by atoms with Gasteiger partial charge in [0, 0.05) is 36.3 Å². The summed E-state index contributed by atoms with van der Waals surface area (Å²) in [5.74, 6) is -0.522. The molecule has 0 bridgehead atoms. The largest absolute Gasteiger partial charge is 0.331 e. The molecule has 5 aromatic rings. The molecule has 1 saturated heterocycles. The molecule has 4 aromatic carbocycles. The third kappa shape index (κ3) is 4.57. The number of para-hydroxylation sites is 2. The van der Waals surface area contributed by atoms with Crippen LogP contribution in [0.4, 0.5) is 0 Å². The zero-order chi connectivity index (χ0) is 26.2. The van der Waals surface area contributed by atoms with Crippen LogP contribution < -0.4 is 5.43 Å². The number of benzene rings is 4. The van der Waals surface area contributed by atoms with Gasteiger partial charge in [0.05, 0.1) is 4.91 Å². The Morgan fingerprint density at radius 2 is 1.39 bits per heavy atom. The van der Waals surface area contributed by atoms with E-state index in [1.165, 1.54) is 16.8 Å². The van der Waals surface area contributed by atoms with Crippen molar-refractivity contribution in [3.63, 3.8) is 0 Å². The molecular weight excluding hydrogens is 626 g/mol. The summed E-state index contributed by atoms with van der Waals surface area (Å²) in [6.45, 7) is 0.0778. The first-order valence-electron chi connectivity index (χ1n) is 12.0. The molecule has 6 rings (SSSR count). The summed E-state index contributed by atoms with van der Waals surface area (Å²) in [5.41, 5.74) is 6.68. The zero-order valence-corrected chi connectivity index (χ0v) is 24.0. The lowest BCUT2D eigenvalue weighted by Gasteiger charge is -2.25. The van der Waals surface area contributed by atoms with Crippen molar-refractivity contribution < 1.29 is 9.59 Å². The van der Waals surface area contributed by atoms with Crippen molar-refractivity contribution in [3.8, 4) is 0 Å². The molecule has 1 aliphatic heterocycles. The highest BCUT2D eigenvalue weighted by Gasteiger charge is 2.39. The van der Waals surface area contributed by atoms with Gasteiger partial charge in [0.1, 0.15) is 11.9 Å². The Morgan fingerprint density at radius 3 is 2.05 bits per heavy atom. The number of nitrogens with one attached hydrogen (secondary N) is 1. The summed E-state index contributed by atoms with van der Waals surface area (Å²) in [5, 5.41) is 3.21. The van der Waals surface area contributed by atoms with Gasteiger partial charge in [-0.2, -0.15) is 0 Å². The van der Waals surface area contributed by atoms with E-state index in [0.717, 1.165) is 41.9 Å². The number of aromatic nitrogens is 1. The maximum Gasteiger partial charge on any atom is 0.280 e. The molecule has 2 amide bonds. The maximum atomic E-state index is 13.7. The Hall–Kier alpha value is -3.33. The summed E-state index contributed by atoms with van der Waals surface area (Å²) in [7, 11) is 0. The summed E-state index contributed by atoms with van der Waals surface area (Å²) >= 11 is 8.61. The molecule has 0 radical (unpaired) electrons. The number of hydrogen-bond donors (Lipinski definition) is 1. The molecular formula is C30H21Br2N3O2S. The Kier molecular flexibility index (Phi) is 6.86. The molecule has 0 spiro atoms. The minimum absolute atomic E-state index is 0.0778. The monoisotopic (exact) mass is 645 g/mol. The molecule has 1 aliphatic rings. The van der Waals surface area contributed by atoms with Gasteiger partial charge in [-0.1, -0.05) is 116 Å². The van der Waals surface area contributed by atoms with Crippen molar-refractivity contribution in [1.29, 1.82) is 0 Å². The number of rotatable bonds is 5. The average molecular weight is 647 g/mol. The van der Waals surface area contributed by atoms with Crippen LogP contribution in [0.15, 0.2) is 111 Å². The van der Waals surface area contributed by atoms with Crippen LogP contribution in [-0.2, 0) is 16.1 Å². The molecule has 1 fully saturated rings. The van der Waals surface area contributed by atoms with Crippen molar-refractivity contribution in [1.82, 2.24) is 15.0 Å². The van der Waals surface area contributed by atoms with Crippen LogP contribution in [0.5, 0.6) is 0 Å². The van der Waals surface area contributed by atoms with Crippen molar-refractivity contribution in [2.45, 2.75) is 11.9 Å².